The molecular formula is C18H19BrFN3O3. The van der Waals surface area contributed by atoms with Crippen LogP contribution in [0.5, 0.6) is 5.75 Å². The van der Waals surface area contributed by atoms with Crippen molar-refractivity contribution in [1.29, 1.82) is 0 Å². The predicted octanol–water partition coefficient (Wildman–Crippen LogP) is 3.40. The van der Waals surface area contributed by atoms with E-state index in [1.54, 1.807) is 0 Å². The van der Waals surface area contributed by atoms with Crippen LogP contribution in [0.4, 0.5) is 10.1 Å². The number of hydrogen-bond donors (Lipinski definition) is 3. The number of nitrogens with one attached hydrogen (secondary N) is 2. The van der Waals surface area contributed by atoms with Gasteiger partial charge in [-0.1, -0.05) is 0 Å². The Bertz CT molecular complexity index is 850. The minimum Gasteiger partial charge on any atom is -0.507 e. The van der Waals surface area contributed by atoms with Gasteiger partial charge in [0.1, 0.15) is 17.3 Å². The Labute approximate surface area is 159 Å². The number of hydrogen-bond acceptors (Lipinski definition) is 4. The monoisotopic (exact) mass is 423 g/mol. The summed E-state index contributed by atoms with van der Waals surface area (Å²) in [5.41, 5.74) is 0.165. The molecule has 8 heteroatoms. The number of benzene rings is 1. The maximum absolute atomic E-state index is 13.9. The van der Waals surface area contributed by atoms with Gasteiger partial charge in [0.2, 0.25) is 5.91 Å². The molecule has 1 aromatic heterocycles. The smallest absolute Gasteiger partial charge is 0.270 e. The lowest BCUT2D eigenvalue weighted by Gasteiger charge is -2.20. The van der Waals surface area contributed by atoms with E-state index in [-0.39, 0.29) is 33.8 Å². The van der Waals surface area contributed by atoms with Crippen LogP contribution in [0.3, 0.4) is 0 Å². The number of aromatic nitrogens is 1. The average Bonchev–Trinajstić information content (AvgIpc) is 2.51. The first-order chi connectivity index (χ1) is 12.0. The van der Waals surface area contributed by atoms with Crippen LogP contribution < -0.4 is 10.6 Å². The van der Waals surface area contributed by atoms with Crippen LogP contribution in [0.25, 0.3) is 0 Å². The standard InChI is InChI=1S/C18H19BrFN3O3/c1-18(2,3)23-17(26)14-8-11(4-5-21-14)22-16(25)7-10-6-15(24)12(19)9-13(10)20/h4-6,8-9,24H,7H2,1-3H3,(H,23,26)(H,21,22,25). The van der Waals surface area contributed by atoms with Gasteiger partial charge in [-0.2, -0.15) is 0 Å². The molecular weight excluding hydrogens is 405 g/mol. The Balaban J connectivity index is 2.09. The Kier molecular flexibility index (Phi) is 5.97. The second-order valence-corrected chi connectivity index (χ2v) is 7.61. The molecule has 0 unspecified atom stereocenters. The van der Waals surface area contributed by atoms with Crippen LogP contribution in [0.2, 0.25) is 0 Å². The van der Waals surface area contributed by atoms with Crippen molar-refractivity contribution in [2.75, 3.05) is 5.32 Å². The number of aromatic hydroxyl groups is 1. The summed E-state index contributed by atoms with van der Waals surface area (Å²) in [5, 5.41) is 15.0. The molecule has 0 aliphatic carbocycles. The molecule has 0 aliphatic heterocycles. The van der Waals surface area contributed by atoms with Crippen molar-refractivity contribution in [2.45, 2.75) is 32.7 Å². The van der Waals surface area contributed by atoms with Crippen LogP contribution in [0, 0.1) is 5.82 Å². The number of anilines is 1. The third-order valence-electron chi connectivity index (χ3n) is 3.23. The molecule has 0 bridgehead atoms. The molecule has 0 spiro atoms. The number of nitrogens with zero attached hydrogens (tertiary/aromatic N) is 1. The van der Waals surface area contributed by atoms with Crippen molar-refractivity contribution >= 4 is 33.4 Å². The zero-order valence-corrected chi connectivity index (χ0v) is 16.1. The number of pyridine rings is 1. The van der Waals surface area contributed by atoms with E-state index in [0.29, 0.717) is 5.69 Å². The summed E-state index contributed by atoms with van der Waals surface area (Å²) >= 11 is 3.01. The van der Waals surface area contributed by atoms with E-state index in [1.165, 1.54) is 24.4 Å². The van der Waals surface area contributed by atoms with Crippen molar-refractivity contribution in [1.82, 2.24) is 10.3 Å². The molecule has 0 atom stereocenters. The summed E-state index contributed by atoms with van der Waals surface area (Å²) in [4.78, 5) is 28.3. The van der Waals surface area contributed by atoms with Crippen LogP contribution >= 0.6 is 15.9 Å². The van der Waals surface area contributed by atoms with Gasteiger partial charge in [-0.3, -0.25) is 14.6 Å². The van der Waals surface area contributed by atoms with Gasteiger partial charge in [-0.05, 0) is 61.0 Å². The molecule has 0 aliphatic rings. The quantitative estimate of drug-likeness (QED) is 0.702. The first-order valence-corrected chi connectivity index (χ1v) is 8.60. The predicted molar refractivity (Wildman–Crippen MR) is 99.6 cm³/mol. The molecule has 1 aromatic carbocycles. The normalized spacial score (nSPS) is 11.1. The van der Waals surface area contributed by atoms with E-state index in [9.17, 15) is 19.1 Å². The van der Waals surface area contributed by atoms with E-state index in [2.05, 4.69) is 31.5 Å². The van der Waals surface area contributed by atoms with Gasteiger partial charge in [0.05, 0.1) is 10.9 Å². The fraction of sp³-hybridized carbons (Fsp3) is 0.278. The molecule has 2 aromatic rings. The zero-order valence-electron chi connectivity index (χ0n) is 14.6. The second-order valence-electron chi connectivity index (χ2n) is 6.75. The minimum absolute atomic E-state index is 0.0583. The number of phenolic OH excluding ortho intramolecular Hbond substituents is 1. The summed E-state index contributed by atoms with van der Waals surface area (Å²) in [6, 6.07) is 5.25. The minimum atomic E-state index is -0.607. The Morgan fingerprint density at radius 2 is 1.96 bits per heavy atom. The van der Waals surface area contributed by atoms with Crippen LogP contribution in [0.1, 0.15) is 36.8 Å². The lowest BCUT2D eigenvalue weighted by molar-refractivity contribution is -0.115. The van der Waals surface area contributed by atoms with E-state index in [0.717, 1.165) is 6.07 Å². The fourth-order valence-electron chi connectivity index (χ4n) is 2.13. The third kappa shape index (κ3) is 5.52. The number of carbonyl (C=O) groups excluding carboxylic acids is 2. The van der Waals surface area contributed by atoms with E-state index in [4.69, 9.17) is 0 Å². The van der Waals surface area contributed by atoms with Crippen molar-refractivity contribution < 1.29 is 19.1 Å². The molecule has 138 valence electrons. The number of rotatable bonds is 4. The maximum Gasteiger partial charge on any atom is 0.270 e. The first kappa shape index (κ1) is 19.8. The number of phenols is 1. The molecule has 2 rings (SSSR count). The Morgan fingerprint density at radius 3 is 2.62 bits per heavy atom. The summed E-state index contributed by atoms with van der Waals surface area (Å²) in [6.45, 7) is 5.54. The number of halogens is 2. The van der Waals surface area contributed by atoms with E-state index >= 15 is 0 Å². The van der Waals surface area contributed by atoms with Crippen LogP contribution in [-0.4, -0.2) is 27.4 Å². The van der Waals surface area contributed by atoms with Crippen molar-refractivity contribution in [2.24, 2.45) is 0 Å². The highest BCUT2D eigenvalue weighted by Gasteiger charge is 2.17. The Morgan fingerprint density at radius 1 is 1.27 bits per heavy atom. The summed E-state index contributed by atoms with van der Waals surface area (Å²) < 4.78 is 14.1. The molecule has 1 heterocycles. The van der Waals surface area contributed by atoms with Crippen LogP contribution in [-0.2, 0) is 11.2 Å². The molecule has 6 nitrogen and oxygen atoms in total. The molecule has 0 saturated carbocycles. The molecule has 3 N–H and O–H groups in total. The number of carbonyl (C=O) groups is 2. The second kappa shape index (κ2) is 7.82. The average molecular weight is 424 g/mol. The maximum atomic E-state index is 13.9. The summed E-state index contributed by atoms with van der Waals surface area (Å²) in [6.07, 6.45) is 1.14. The first-order valence-electron chi connectivity index (χ1n) is 7.80. The molecule has 2 amide bonds. The topological polar surface area (TPSA) is 91.3 Å². The summed E-state index contributed by atoms with van der Waals surface area (Å²) in [7, 11) is 0. The van der Waals surface area contributed by atoms with Crippen molar-refractivity contribution in [3.63, 3.8) is 0 Å². The van der Waals surface area contributed by atoms with Gasteiger partial charge in [0, 0.05) is 23.0 Å². The van der Waals surface area contributed by atoms with Gasteiger partial charge < -0.3 is 15.7 Å². The lowest BCUT2D eigenvalue weighted by atomic mass is 10.1. The van der Waals surface area contributed by atoms with Gasteiger partial charge in [-0.25, -0.2) is 4.39 Å². The van der Waals surface area contributed by atoms with E-state index in [1.807, 2.05) is 20.8 Å². The molecule has 0 saturated heterocycles. The number of amides is 2. The fourth-order valence-corrected chi connectivity index (χ4v) is 2.45. The van der Waals surface area contributed by atoms with Crippen molar-refractivity contribution in [3.8, 4) is 5.75 Å². The molecule has 0 fully saturated rings. The third-order valence-corrected chi connectivity index (χ3v) is 3.87. The highest BCUT2D eigenvalue weighted by molar-refractivity contribution is 9.10. The zero-order chi connectivity index (χ0) is 19.5. The van der Waals surface area contributed by atoms with E-state index < -0.39 is 17.3 Å². The SMILES string of the molecule is CC(C)(C)NC(=O)c1cc(NC(=O)Cc2cc(O)c(Br)cc2F)ccn1. The molecule has 0 radical (unpaired) electrons. The van der Waals surface area contributed by atoms with Crippen molar-refractivity contribution in [3.05, 3.63) is 52.0 Å². The highest BCUT2D eigenvalue weighted by atomic mass is 79.9. The molecule has 26 heavy (non-hydrogen) atoms. The van der Waals surface area contributed by atoms with Gasteiger partial charge >= 0.3 is 0 Å². The lowest BCUT2D eigenvalue weighted by Crippen LogP contribution is -2.40. The van der Waals surface area contributed by atoms with Crippen LogP contribution in [0.15, 0.2) is 34.9 Å². The van der Waals surface area contributed by atoms with Gasteiger partial charge in [-0.15, -0.1) is 0 Å². The highest BCUT2D eigenvalue weighted by Crippen LogP contribution is 2.27. The van der Waals surface area contributed by atoms with Gasteiger partial charge in [0.25, 0.3) is 5.91 Å². The Hall–Kier alpha value is -2.48. The van der Waals surface area contributed by atoms with Gasteiger partial charge in [0.15, 0.2) is 0 Å². The largest absolute Gasteiger partial charge is 0.507 e. The summed E-state index contributed by atoms with van der Waals surface area (Å²) in [5.74, 6) is -1.61.